The van der Waals surface area contributed by atoms with E-state index in [1.165, 1.54) is 12.5 Å². The van der Waals surface area contributed by atoms with Gasteiger partial charge in [0.25, 0.3) is 0 Å². The van der Waals surface area contributed by atoms with Gasteiger partial charge >= 0.3 is 11.9 Å². The minimum Gasteiger partial charge on any atom is -0.478 e. The Morgan fingerprint density at radius 1 is 0.957 bits per heavy atom. The molecular formula is C19H24O4. The second kappa shape index (κ2) is 18.9. The number of rotatable bonds is 4. The Morgan fingerprint density at radius 2 is 1.30 bits per heavy atom. The first kappa shape index (κ1) is 24.9. The standard InChI is InChI=1S/C8H8.C4H6O2.C4H6.C3H4O2/c1-2-8-6-4-3-5-7-8;1-3(2)4(5)6;1-3-4-2;1-2-3(4)5/h2-7H,1H2;1H2,2H3,(H,5,6);3-4H,1-2H2;2H,1H2,(H,4,5). The zero-order chi connectivity index (χ0) is 18.7. The van der Waals surface area contributed by atoms with E-state index in [4.69, 9.17) is 10.2 Å². The van der Waals surface area contributed by atoms with Gasteiger partial charge < -0.3 is 10.2 Å². The first-order valence-electron chi connectivity index (χ1n) is 6.41. The third kappa shape index (κ3) is 27.9. The number of aliphatic carboxylic acids is 2. The summed E-state index contributed by atoms with van der Waals surface area (Å²) in [5.74, 6) is -1.92. The molecule has 1 aromatic rings. The van der Waals surface area contributed by atoms with Crippen molar-refractivity contribution >= 4 is 18.0 Å². The maximum atomic E-state index is 9.60. The molecule has 1 aromatic carbocycles. The van der Waals surface area contributed by atoms with E-state index in [2.05, 4.69) is 32.9 Å². The van der Waals surface area contributed by atoms with E-state index in [0.29, 0.717) is 0 Å². The van der Waals surface area contributed by atoms with Gasteiger partial charge in [-0.1, -0.05) is 81.5 Å². The zero-order valence-electron chi connectivity index (χ0n) is 13.4. The van der Waals surface area contributed by atoms with Crippen LogP contribution in [0.15, 0.2) is 87.0 Å². The zero-order valence-corrected chi connectivity index (χ0v) is 13.4. The van der Waals surface area contributed by atoms with Crippen molar-refractivity contribution < 1.29 is 19.8 Å². The molecule has 0 aliphatic heterocycles. The molecule has 0 spiro atoms. The van der Waals surface area contributed by atoms with Crippen LogP contribution in [-0.4, -0.2) is 22.2 Å². The van der Waals surface area contributed by atoms with Crippen LogP contribution in [0.25, 0.3) is 6.08 Å². The first-order chi connectivity index (χ1) is 10.8. The van der Waals surface area contributed by atoms with Crippen molar-refractivity contribution in [1.29, 1.82) is 0 Å². The van der Waals surface area contributed by atoms with Crippen molar-refractivity contribution in [3.63, 3.8) is 0 Å². The molecule has 0 fully saturated rings. The molecule has 0 amide bonds. The van der Waals surface area contributed by atoms with Gasteiger partial charge in [0.2, 0.25) is 0 Å². The summed E-state index contributed by atoms with van der Waals surface area (Å²) in [6.45, 7) is 17.9. The van der Waals surface area contributed by atoms with Crippen LogP contribution in [-0.2, 0) is 9.59 Å². The second-order valence-corrected chi connectivity index (χ2v) is 3.71. The molecule has 0 atom stereocenters. The topological polar surface area (TPSA) is 74.6 Å². The monoisotopic (exact) mass is 316 g/mol. The third-order valence-corrected chi connectivity index (χ3v) is 1.74. The first-order valence-corrected chi connectivity index (χ1v) is 6.41. The predicted molar refractivity (Wildman–Crippen MR) is 97.2 cm³/mol. The van der Waals surface area contributed by atoms with Gasteiger partial charge in [-0.2, -0.15) is 0 Å². The number of benzene rings is 1. The normalized spacial score (nSPS) is 7.17. The Morgan fingerprint density at radius 3 is 1.43 bits per heavy atom. The van der Waals surface area contributed by atoms with Crippen molar-refractivity contribution in [2.75, 3.05) is 0 Å². The molecule has 0 saturated carbocycles. The minimum absolute atomic E-state index is 0.176. The van der Waals surface area contributed by atoms with Crippen LogP contribution in [0.2, 0.25) is 0 Å². The largest absolute Gasteiger partial charge is 0.478 e. The lowest BCUT2D eigenvalue weighted by Crippen LogP contribution is -1.92. The SMILES string of the molecule is C=C(C)C(=O)O.C=CC(=O)O.C=CC=C.C=Cc1ccccc1. The molecule has 2 N–H and O–H groups in total. The highest BCUT2D eigenvalue weighted by Gasteiger charge is 1.90. The lowest BCUT2D eigenvalue weighted by Gasteiger charge is -1.85. The molecule has 0 heterocycles. The number of carbonyl (C=O) groups is 2. The van der Waals surface area contributed by atoms with Gasteiger partial charge in [0.05, 0.1) is 0 Å². The van der Waals surface area contributed by atoms with Gasteiger partial charge in [-0.15, -0.1) is 0 Å². The summed E-state index contributed by atoms with van der Waals surface area (Å²) in [5, 5.41) is 15.5. The molecule has 124 valence electrons. The maximum absolute atomic E-state index is 9.60. The van der Waals surface area contributed by atoms with E-state index >= 15 is 0 Å². The lowest BCUT2D eigenvalue weighted by atomic mass is 10.2. The van der Waals surface area contributed by atoms with Crippen molar-refractivity contribution in [3.05, 3.63) is 92.6 Å². The van der Waals surface area contributed by atoms with Crippen molar-refractivity contribution in [1.82, 2.24) is 0 Å². The highest BCUT2D eigenvalue weighted by atomic mass is 16.4. The summed E-state index contributed by atoms with van der Waals surface area (Å²) in [6.07, 6.45) is 5.94. The maximum Gasteiger partial charge on any atom is 0.330 e. The van der Waals surface area contributed by atoms with Crippen LogP contribution in [0, 0.1) is 0 Å². The molecule has 0 aromatic heterocycles. The smallest absolute Gasteiger partial charge is 0.330 e. The highest BCUT2D eigenvalue weighted by Crippen LogP contribution is 1.97. The van der Waals surface area contributed by atoms with E-state index in [1.54, 1.807) is 12.2 Å². The quantitative estimate of drug-likeness (QED) is 0.629. The Bertz CT molecular complexity index is 495. The van der Waals surface area contributed by atoms with Gasteiger partial charge in [-0.3, -0.25) is 0 Å². The summed E-state index contributed by atoms with van der Waals surface area (Å²) in [5.41, 5.74) is 1.35. The molecule has 0 radical (unpaired) electrons. The predicted octanol–water partition coefficient (Wildman–Crippen LogP) is 4.59. The number of carboxylic acid groups (broad SMARTS) is 2. The number of hydrogen-bond donors (Lipinski definition) is 2. The fourth-order valence-electron chi connectivity index (χ4n) is 0.589. The molecule has 0 aliphatic carbocycles. The van der Waals surface area contributed by atoms with E-state index in [-0.39, 0.29) is 5.57 Å². The Balaban J connectivity index is -0.000000242. The Kier molecular flexibility index (Phi) is 20.4. The fraction of sp³-hybridized carbons (Fsp3) is 0.0526. The molecule has 0 bridgehead atoms. The van der Waals surface area contributed by atoms with Crippen LogP contribution < -0.4 is 0 Å². The van der Waals surface area contributed by atoms with Crippen molar-refractivity contribution in [3.8, 4) is 0 Å². The summed E-state index contributed by atoms with van der Waals surface area (Å²) in [7, 11) is 0. The van der Waals surface area contributed by atoms with E-state index in [9.17, 15) is 9.59 Å². The van der Waals surface area contributed by atoms with Crippen LogP contribution >= 0.6 is 0 Å². The number of allylic oxidation sites excluding steroid dienone is 2. The molecule has 0 unspecified atom stereocenters. The molecule has 1 rings (SSSR count). The van der Waals surface area contributed by atoms with Gasteiger partial charge in [0.1, 0.15) is 0 Å². The Labute approximate surface area is 138 Å². The summed E-state index contributed by atoms with van der Waals surface area (Å²) in [4.78, 5) is 18.8. The molecule has 23 heavy (non-hydrogen) atoms. The van der Waals surface area contributed by atoms with E-state index in [1.807, 2.05) is 36.4 Å². The third-order valence-electron chi connectivity index (χ3n) is 1.74. The van der Waals surface area contributed by atoms with Crippen LogP contribution in [0.4, 0.5) is 0 Å². The minimum atomic E-state index is -0.981. The fourth-order valence-corrected chi connectivity index (χ4v) is 0.589. The molecule has 4 heteroatoms. The average Bonchev–Trinajstić information content (AvgIpc) is 2.56. The summed E-state index contributed by atoms with van der Waals surface area (Å²) < 4.78 is 0. The van der Waals surface area contributed by atoms with Gasteiger partial charge in [-0.25, -0.2) is 9.59 Å². The summed E-state index contributed by atoms with van der Waals surface area (Å²) >= 11 is 0. The number of carboxylic acids is 2. The molecule has 0 aliphatic rings. The lowest BCUT2D eigenvalue weighted by molar-refractivity contribution is -0.133. The van der Waals surface area contributed by atoms with Crippen molar-refractivity contribution in [2.45, 2.75) is 6.92 Å². The molecule has 4 nitrogen and oxygen atoms in total. The molecule has 0 saturated heterocycles. The van der Waals surface area contributed by atoms with Crippen LogP contribution in [0.5, 0.6) is 0 Å². The molecular weight excluding hydrogens is 292 g/mol. The van der Waals surface area contributed by atoms with E-state index in [0.717, 1.165) is 6.08 Å². The van der Waals surface area contributed by atoms with Crippen LogP contribution in [0.3, 0.4) is 0 Å². The van der Waals surface area contributed by atoms with Gasteiger partial charge in [0.15, 0.2) is 0 Å². The van der Waals surface area contributed by atoms with Crippen LogP contribution in [0.1, 0.15) is 12.5 Å². The Hall–Kier alpha value is -3.14. The second-order valence-electron chi connectivity index (χ2n) is 3.71. The number of hydrogen-bond acceptors (Lipinski definition) is 2. The summed E-state index contributed by atoms with van der Waals surface area (Å²) in [6, 6.07) is 10.0. The van der Waals surface area contributed by atoms with Gasteiger partial charge in [0, 0.05) is 11.6 Å². The highest BCUT2D eigenvalue weighted by molar-refractivity contribution is 5.84. The van der Waals surface area contributed by atoms with E-state index < -0.39 is 11.9 Å². The van der Waals surface area contributed by atoms with Gasteiger partial charge in [-0.05, 0) is 12.5 Å². The average molecular weight is 316 g/mol. The van der Waals surface area contributed by atoms with Crippen molar-refractivity contribution in [2.24, 2.45) is 0 Å².